The molecule has 0 fully saturated rings. The maximum absolute atomic E-state index is 12.7. The highest BCUT2D eigenvalue weighted by Crippen LogP contribution is 2.18. The maximum Gasteiger partial charge on any atom is 0.407 e. The lowest BCUT2D eigenvalue weighted by Crippen LogP contribution is -2.51. The van der Waals surface area contributed by atoms with Gasteiger partial charge in [-0.2, -0.15) is 0 Å². The topological polar surface area (TPSA) is 153 Å². The molecule has 11 heteroatoms. The Bertz CT molecular complexity index is 1100. The fraction of sp³-hybridized carbons (Fsp3) is 0.417. The van der Waals surface area contributed by atoms with Gasteiger partial charge in [0.25, 0.3) is 0 Å². The monoisotopic (exact) mass is 486 g/mol. The molecule has 1 atom stereocenters. The van der Waals surface area contributed by atoms with Crippen LogP contribution in [0.1, 0.15) is 44.4 Å². The molecule has 2 amide bonds. The second-order valence-electron chi connectivity index (χ2n) is 8.24. The number of hydrogen-bond donors (Lipinski definition) is 4. The van der Waals surface area contributed by atoms with Crippen molar-refractivity contribution < 1.29 is 24.2 Å². The molecular weight excluding hydrogens is 452 g/mol. The molecule has 0 saturated heterocycles. The normalized spacial score (nSPS) is 12.0. The van der Waals surface area contributed by atoms with Crippen LogP contribution in [0, 0.1) is 0 Å². The van der Waals surface area contributed by atoms with Crippen LogP contribution in [0.15, 0.2) is 48.5 Å². The van der Waals surface area contributed by atoms with Gasteiger partial charge in [0.15, 0.2) is 11.5 Å². The van der Waals surface area contributed by atoms with Crippen LogP contribution in [0.3, 0.4) is 0 Å². The van der Waals surface area contributed by atoms with Crippen molar-refractivity contribution in [3.63, 3.8) is 0 Å². The SMILES string of the molecule is C.CC(C)(N)C(=O)N[C@H](COCc1ccccc1)c1nnc2cccc(COC(=O)NCCO)n12. The van der Waals surface area contributed by atoms with Crippen molar-refractivity contribution in [2.75, 3.05) is 19.8 Å². The number of pyridine rings is 1. The summed E-state index contributed by atoms with van der Waals surface area (Å²) < 4.78 is 12.8. The number of benzene rings is 1. The molecule has 3 rings (SSSR count). The number of hydrogen-bond acceptors (Lipinski definition) is 8. The van der Waals surface area contributed by atoms with Crippen LogP contribution >= 0.6 is 0 Å². The van der Waals surface area contributed by atoms with Crippen molar-refractivity contribution in [1.29, 1.82) is 0 Å². The van der Waals surface area contributed by atoms with Crippen molar-refractivity contribution in [2.24, 2.45) is 5.73 Å². The molecule has 190 valence electrons. The number of carbonyl (C=O) groups excluding carboxylic acids is 2. The van der Waals surface area contributed by atoms with E-state index in [1.54, 1.807) is 36.4 Å². The first-order chi connectivity index (χ1) is 16.3. The van der Waals surface area contributed by atoms with E-state index in [2.05, 4.69) is 20.8 Å². The number of nitrogens with one attached hydrogen (secondary N) is 2. The Labute approximate surface area is 204 Å². The third kappa shape index (κ3) is 7.74. The summed E-state index contributed by atoms with van der Waals surface area (Å²) >= 11 is 0. The van der Waals surface area contributed by atoms with Crippen LogP contribution in [-0.4, -0.2) is 57.0 Å². The number of nitrogens with two attached hydrogens (primary N) is 1. The first-order valence-corrected chi connectivity index (χ1v) is 10.9. The number of aliphatic hydroxyl groups excluding tert-OH is 1. The van der Waals surface area contributed by atoms with Crippen LogP contribution in [0.25, 0.3) is 5.65 Å². The standard InChI is InChI=1S/C23H30N6O5.CH4/c1-23(2,24)21(31)26-18(15-33-13-16-7-4-3-5-8-16)20-28-27-19-10-6-9-17(29(19)20)14-34-22(32)25-11-12-30;/h3-10,18,30H,11-15,24H2,1-2H3,(H,25,32)(H,26,31);1H4/t18-;/m1./s1. The molecule has 0 bridgehead atoms. The molecule has 3 aromatic rings. The summed E-state index contributed by atoms with van der Waals surface area (Å²) in [5.74, 6) is 0.0327. The zero-order chi connectivity index (χ0) is 24.6. The fourth-order valence-corrected chi connectivity index (χ4v) is 3.11. The largest absolute Gasteiger partial charge is 0.443 e. The average Bonchev–Trinajstić information content (AvgIpc) is 3.25. The van der Waals surface area contributed by atoms with E-state index in [0.717, 1.165) is 5.56 Å². The third-order valence-electron chi connectivity index (χ3n) is 4.86. The molecule has 1 aromatic carbocycles. The van der Waals surface area contributed by atoms with Crippen LogP contribution in [-0.2, 0) is 27.5 Å². The number of rotatable bonds is 11. The molecular formula is C24H34N6O5. The summed E-state index contributed by atoms with van der Waals surface area (Å²) in [5.41, 5.74) is 6.96. The van der Waals surface area contributed by atoms with Gasteiger partial charge in [0.05, 0.1) is 31.1 Å². The zero-order valence-corrected chi connectivity index (χ0v) is 19.2. The Morgan fingerprint density at radius 3 is 2.54 bits per heavy atom. The second-order valence-corrected chi connectivity index (χ2v) is 8.24. The number of fused-ring (bicyclic) bond motifs is 1. The van der Waals surface area contributed by atoms with E-state index in [4.69, 9.17) is 20.3 Å². The highest BCUT2D eigenvalue weighted by atomic mass is 16.5. The predicted molar refractivity (Wildman–Crippen MR) is 130 cm³/mol. The number of alkyl carbamates (subject to hydrolysis) is 1. The summed E-state index contributed by atoms with van der Waals surface area (Å²) in [6, 6.07) is 14.3. The molecule has 5 N–H and O–H groups in total. The van der Waals surface area contributed by atoms with Crippen LogP contribution in [0.4, 0.5) is 4.79 Å². The molecule has 35 heavy (non-hydrogen) atoms. The Kier molecular flexibility index (Phi) is 10.1. The van der Waals surface area contributed by atoms with E-state index < -0.39 is 17.7 Å². The molecule has 0 saturated carbocycles. The van der Waals surface area contributed by atoms with E-state index in [1.807, 2.05) is 30.3 Å². The molecule has 0 unspecified atom stereocenters. The molecule has 2 aromatic heterocycles. The molecule has 0 aliphatic heterocycles. The van der Waals surface area contributed by atoms with E-state index in [1.165, 1.54) is 0 Å². The smallest absolute Gasteiger partial charge is 0.407 e. The van der Waals surface area contributed by atoms with Gasteiger partial charge in [0.2, 0.25) is 5.91 Å². The lowest BCUT2D eigenvalue weighted by Gasteiger charge is -2.24. The molecule has 0 aliphatic rings. The van der Waals surface area contributed by atoms with Gasteiger partial charge in [0, 0.05) is 6.54 Å². The van der Waals surface area contributed by atoms with Gasteiger partial charge in [-0.3, -0.25) is 9.20 Å². The van der Waals surface area contributed by atoms with Crippen LogP contribution in [0.5, 0.6) is 0 Å². The van der Waals surface area contributed by atoms with Crippen molar-refractivity contribution in [3.8, 4) is 0 Å². The third-order valence-corrected chi connectivity index (χ3v) is 4.86. The minimum Gasteiger partial charge on any atom is -0.443 e. The molecule has 0 spiro atoms. The molecule has 0 radical (unpaired) electrons. The lowest BCUT2D eigenvalue weighted by molar-refractivity contribution is -0.126. The Morgan fingerprint density at radius 1 is 1.11 bits per heavy atom. The van der Waals surface area contributed by atoms with E-state index in [9.17, 15) is 9.59 Å². The number of ether oxygens (including phenoxy) is 2. The summed E-state index contributed by atoms with van der Waals surface area (Å²) in [7, 11) is 0. The first-order valence-electron chi connectivity index (χ1n) is 10.9. The molecule has 0 aliphatic carbocycles. The van der Waals surface area contributed by atoms with E-state index in [0.29, 0.717) is 23.8 Å². The van der Waals surface area contributed by atoms with Gasteiger partial charge >= 0.3 is 6.09 Å². The Morgan fingerprint density at radius 2 is 1.86 bits per heavy atom. The van der Waals surface area contributed by atoms with Crippen molar-refractivity contribution in [3.05, 3.63) is 65.6 Å². The summed E-state index contributed by atoms with van der Waals surface area (Å²) in [4.78, 5) is 24.5. The summed E-state index contributed by atoms with van der Waals surface area (Å²) in [6.07, 6.45) is -0.665. The first kappa shape index (κ1) is 27.7. The number of nitrogens with zero attached hydrogens (tertiary/aromatic N) is 3. The highest BCUT2D eigenvalue weighted by Gasteiger charge is 2.28. The average molecular weight is 487 g/mol. The fourth-order valence-electron chi connectivity index (χ4n) is 3.11. The van der Waals surface area contributed by atoms with Gasteiger partial charge in [0.1, 0.15) is 12.6 Å². The van der Waals surface area contributed by atoms with Gasteiger partial charge in [-0.1, -0.05) is 43.8 Å². The van der Waals surface area contributed by atoms with Gasteiger partial charge < -0.3 is 30.9 Å². The zero-order valence-electron chi connectivity index (χ0n) is 19.2. The minimum absolute atomic E-state index is 0. The maximum atomic E-state index is 12.7. The molecule has 2 heterocycles. The van der Waals surface area contributed by atoms with Gasteiger partial charge in [-0.05, 0) is 31.5 Å². The van der Waals surface area contributed by atoms with Crippen LogP contribution in [0.2, 0.25) is 0 Å². The van der Waals surface area contributed by atoms with Gasteiger partial charge in [-0.25, -0.2) is 4.79 Å². The predicted octanol–water partition coefficient (Wildman–Crippen LogP) is 1.70. The lowest BCUT2D eigenvalue weighted by atomic mass is 10.1. The number of aromatic nitrogens is 3. The summed E-state index contributed by atoms with van der Waals surface area (Å²) in [5, 5.41) is 22.6. The number of amides is 2. The highest BCUT2D eigenvalue weighted by molar-refractivity contribution is 5.85. The Balaban J connectivity index is 0.00000432. The van der Waals surface area contributed by atoms with Crippen molar-refractivity contribution >= 4 is 17.6 Å². The second kappa shape index (κ2) is 12.8. The van der Waals surface area contributed by atoms with Crippen molar-refractivity contribution in [2.45, 2.75) is 46.1 Å². The van der Waals surface area contributed by atoms with Crippen LogP contribution < -0.4 is 16.4 Å². The van der Waals surface area contributed by atoms with Gasteiger partial charge in [-0.15, -0.1) is 10.2 Å². The number of aliphatic hydroxyl groups is 1. The molecule has 11 nitrogen and oxygen atoms in total. The number of carbonyl (C=O) groups is 2. The van der Waals surface area contributed by atoms with Crippen molar-refractivity contribution in [1.82, 2.24) is 25.2 Å². The quantitative estimate of drug-likeness (QED) is 0.319. The Hall–Kier alpha value is -3.54. The minimum atomic E-state index is -1.12. The van der Waals surface area contributed by atoms with E-state index >= 15 is 0 Å². The van der Waals surface area contributed by atoms with E-state index in [-0.39, 0.29) is 39.7 Å². The summed E-state index contributed by atoms with van der Waals surface area (Å²) in [6.45, 7) is 3.49.